The van der Waals surface area contributed by atoms with Gasteiger partial charge in [0.05, 0.1) is 5.56 Å². The van der Waals surface area contributed by atoms with E-state index in [0.717, 1.165) is 35.2 Å². The molecule has 6 heteroatoms. The highest BCUT2D eigenvalue weighted by molar-refractivity contribution is 5.95. The molecule has 23 heavy (non-hydrogen) atoms. The summed E-state index contributed by atoms with van der Waals surface area (Å²) >= 11 is 0. The van der Waals surface area contributed by atoms with Gasteiger partial charge >= 0.3 is 0 Å². The molecule has 0 aromatic carbocycles. The van der Waals surface area contributed by atoms with Crippen molar-refractivity contribution in [2.45, 2.75) is 32.7 Å². The van der Waals surface area contributed by atoms with Crippen LogP contribution in [0.1, 0.15) is 34.5 Å². The molecule has 2 heterocycles. The summed E-state index contributed by atoms with van der Waals surface area (Å²) < 4.78 is 0. The van der Waals surface area contributed by atoms with Gasteiger partial charge in [-0.2, -0.15) is 0 Å². The Hall–Kier alpha value is -2.76. The zero-order chi connectivity index (χ0) is 16.4. The number of hydrogen-bond acceptors (Lipinski definition) is 4. The molecule has 6 nitrogen and oxygen atoms in total. The fourth-order valence-electron chi connectivity index (χ4n) is 2.37. The van der Waals surface area contributed by atoms with E-state index in [1.807, 2.05) is 26.0 Å². The number of aryl methyl sites for hydroxylation is 2. The lowest BCUT2D eigenvalue weighted by Crippen LogP contribution is -2.25. The van der Waals surface area contributed by atoms with E-state index in [2.05, 4.69) is 20.6 Å². The van der Waals surface area contributed by atoms with Crippen molar-refractivity contribution in [3.8, 4) is 11.1 Å². The largest absolute Gasteiger partial charge is 0.349 e. The molecule has 0 saturated heterocycles. The second kappa shape index (κ2) is 6.16. The Morgan fingerprint density at radius 2 is 2.00 bits per heavy atom. The van der Waals surface area contributed by atoms with Gasteiger partial charge in [-0.05, 0) is 44.4 Å². The molecular weight excluding hydrogens is 292 g/mol. The van der Waals surface area contributed by atoms with E-state index in [-0.39, 0.29) is 5.91 Å². The molecule has 0 bridgehead atoms. The van der Waals surface area contributed by atoms with Gasteiger partial charge in [0, 0.05) is 35.3 Å². The van der Waals surface area contributed by atoms with Crippen molar-refractivity contribution in [2.24, 2.45) is 0 Å². The smallest absolute Gasteiger partial charge is 0.253 e. The summed E-state index contributed by atoms with van der Waals surface area (Å²) in [4.78, 5) is 31.3. The van der Waals surface area contributed by atoms with Crippen LogP contribution in [-0.4, -0.2) is 28.3 Å². The van der Waals surface area contributed by atoms with Crippen molar-refractivity contribution in [3.05, 3.63) is 41.3 Å². The molecule has 0 spiro atoms. The number of rotatable bonds is 5. The highest BCUT2D eigenvalue weighted by Gasteiger charge is 2.24. The molecule has 1 aliphatic rings. The Morgan fingerprint density at radius 1 is 1.22 bits per heavy atom. The summed E-state index contributed by atoms with van der Waals surface area (Å²) in [6, 6.07) is 4.07. The van der Waals surface area contributed by atoms with Crippen LogP contribution >= 0.6 is 0 Å². The Labute approximate surface area is 134 Å². The van der Waals surface area contributed by atoms with Crippen molar-refractivity contribution >= 4 is 18.1 Å². The Bertz CT molecular complexity index is 769. The minimum Gasteiger partial charge on any atom is -0.349 e. The maximum absolute atomic E-state index is 12.2. The molecule has 1 aliphatic carbocycles. The van der Waals surface area contributed by atoms with Crippen molar-refractivity contribution in [3.63, 3.8) is 0 Å². The first-order valence-electron chi connectivity index (χ1n) is 7.53. The Morgan fingerprint density at radius 3 is 2.65 bits per heavy atom. The van der Waals surface area contributed by atoms with Crippen molar-refractivity contribution in [1.82, 2.24) is 15.3 Å². The molecule has 0 atom stereocenters. The average molecular weight is 310 g/mol. The van der Waals surface area contributed by atoms with Gasteiger partial charge in [0.25, 0.3) is 5.91 Å². The molecule has 2 aromatic heterocycles. The quantitative estimate of drug-likeness (QED) is 0.829. The van der Waals surface area contributed by atoms with Crippen LogP contribution in [0.5, 0.6) is 0 Å². The van der Waals surface area contributed by atoms with E-state index in [1.54, 1.807) is 12.4 Å². The number of anilines is 1. The fraction of sp³-hybridized carbons (Fsp3) is 0.294. The van der Waals surface area contributed by atoms with Crippen molar-refractivity contribution in [1.29, 1.82) is 0 Å². The third kappa shape index (κ3) is 3.36. The molecule has 0 aliphatic heterocycles. The lowest BCUT2D eigenvalue weighted by Gasteiger charge is -2.10. The van der Waals surface area contributed by atoms with E-state index in [1.165, 1.54) is 0 Å². The lowest BCUT2D eigenvalue weighted by molar-refractivity contribution is -0.105. The fourth-order valence-corrected chi connectivity index (χ4v) is 2.37. The second-order valence-corrected chi connectivity index (χ2v) is 5.76. The highest BCUT2D eigenvalue weighted by Crippen LogP contribution is 2.26. The normalized spacial score (nSPS) is 13.5. The van der Waals surface area contributed by atoms with Gasteiger partial charge in [-0.1, -0.05) is 0 Å². The van der Waals surface area contributed by atoms with E-state index in [9.17, 15) is 9.59 Å². The van der Waals surface area contributed by atoms with Gasteiger partial charge in [-0.25, -0.2) is 4.98 Å². The first-order chi connectivity index (χ1) is 11.1. The standard InChI is InChI=1S/C17H18N4O2/c1-10-5-12(7-19-16(10)20-9-22)15-6-13(8-18-11(15)2)17(23)21-14-3-4-14/h5-9,14H,3-4H2,1-2H3,(H,21,23)(H,19,20,22). The van der Waals surface area contributed by atoms with Gasteiger partial charge in [-0.3, -0.25) is 14.6 Å². The van der Waals surface area contributed by atoms with E-state index in [0.29, 0.717) is 23.8 Å². The van der Waals surface area contributed by atoms with Gasteiger partial charge in [0.15, 0.2) is 0 Å². The van der Waals surface area contributed by atoms with Gasteiger partial charge < -0.3 is 10.6 Å². The van der Waals surface area contributed by atoms with E-state index in [4.69, 9.17) is 0 Å². The highest BCUT2D eigenvalue weighted by atomic mass is 16.1. The number of pyridine rings is 2. The summed E-state index contributed by atoms with van der Waals surface area (Å²) in [5.41, 5.74) is 3.95. The van der Waals surface area contributed by atoms with Crippen LogP contribution in [0.3, 0.4) is 0 Å². The molecular formula is C17H18N4O2. The number of hydrogen-bond donors (Lipinski definition) is 2. The lowest BCUT2D eigenvalue weighted by atomic mass is 10.0. The summed E-state index contributed by atoms with van der Waals surface area (Å²) in [7, 11) is 0. The first-order valence-corrected chi connectivity index (χ1v) is 7.53. The van der Waals surface area contributed by atoms with Crippen molar-refractivity contribution < 1.29 is 9.59 Å². The molecule has 2 amide bonds. The minimum atomic E-state index is -0.0924. The van der Waals surface area contributed by atoms with Gasteiger partial charge in [-0.15, -0.1) is 0 Å². The summed E-state index contributed by atoms with van der Waals surface area (Å²) in [6.07, 6.45) is 5.97. The molecule has 1 saturated carbocycles. The van der Waals surface area contributed by atoms with Crippen LogP contribution in [0.4, 0.5) is 5.82 Å². The topological polar surface area (TPSA) is 84.0 Å². The maximum atomic E-state index is 12.2. The molecule has 0 radical (unpaired) electrons. The van der Waals surface area contributed by atoms with Gasteiger partial charge in [0.1, 0.15) is 5.82 Å². The average Bonchev–Trinajstić information content (AvgIpc) is 3.34. The second-order valence-electron chi connectivity index (χ2n) is 5.76. The Kier molecular flexibility index (Phi) is 4.06. The third-order valence-electron chi connectivity index (χ3n) is 3.85. The van der Waals surface area contributed by atoms with E-state index >= 15 is 0 Å². The number of carbonyl (C=O) groups is 2. The number of amides is 2. The monoisotopic (exact) mass is 310 g/mol. The van der Waals surface area contributed by atoms with Crippen LogP contribution < -0.4 is 10.6 Å². The van der Waals surface area contributed by atoms with Crippen LogP contribution in [0.2, 0.25) is 0 Å². The van der Waals surface area contributed by atoms with Crippen LogP contribution in [0.15, 0.2) is 24.5 Å². The van der Waals surface area contributed by atoms with E-state index < -0.39 is 0 Å². The number of aromatic nitrogens is 2. The molecule has 2 N–H and O–H groups in total. The van der Waals surface area contributed by atoms with Crippen LogP contribution in [0, 0.1) is 13.8 Å². The summed E-state index contributed by atoms with van der Waals surface area (Å²) in [6.45, 7) is 3.76. The zero-order valence-electron chi connectivity index (χ0n) is 13.1. The maximum Gasteiger partial charge on any atom is 0.253 e. The molecule has 3 rings (SSSR count). The number of carbonyl (C=O) groups excluding carboxylic acids is 2. The zero-order valence-corrected chi connectivity index (χ0v) is 13.1. The Balaban J connectivity index is 1.93. The first kappa shape index (κ1) is 15.1. The molecule has 0 unspecified atom stereocenters. The van der Waals surface area contributed by atoms with Crippen LogP contribution in [0.25, 0.3) is 11.1 Å². The van der Waals surface area contributed by atoms with Crippen molar-refractivity contribution in [2.75, 3.05) is 5.32 Å². The number of nitrogens with zero attached hydrogens (tertiary/aromatic N) is 2. The van der Waals surface area contributed by atoms with Gasteiger partial charge in [0.2, 0.25) is 6.41 Å². The summed E-state index contributed by atoms with van der Waals surface area (Å²) in [5.74, 6) is 0.433. The molecule has 118 valence electrons. The summed E-state index contributed by atoms with van der Waals surface area (Å²) in [5, 5.41) is 5.52. The van der Waals surface area contributed by atoms with Crippen LogP contribution in [-0.2, 0) is 4.79 Å². The SMILES string of the molecule is Cc1cc(-c2cc(C(=O)NC3CC3)cnc2C)cnc1NC=O. The molecule has 2 aromatic rings. The number of nitrogens with one attached hydrogen (secondary N) is 2. The third-order valence-corrected chi connectivity index (χ3v) is 3.85. The molecule has 1 fully saturated rings. The minimum absolute atomic E-state index is 0.0924. The predicted octanol–water partition coefficient (Wildman–Crippen LogP) is 2.22. The predicted molar refractivity (Wildman–Crippen MR) is 87.1 cm³/mol.